The molecule has 0 aliphatic rings. The summed E-state index contributed by atoms with van der Waals surface area (Å²) in [5.41, 5.74) is 5.27. The molecule has 0 heterocycles. The predicted octanol–water partition coefficient (Wildman–Crippen LogP) is 1.49. The first-order valence-corrected chi connectivity index (χ1v) is 4.90. The molecular formula is C6H12N2S3. The van der Waals surface area contributed by atoms with Crippen molar-refractivity contribution in [1.82, 2.24) is 5.32 Å². The molecule has 0 atom stereocenters. The lowest BCUT2D eigenvalue weighted by Crippen LogP contribution is -2.25. The van der Waals surface area contributed by atoms with Gasteiger partial charge in [-0.2, -0.15) is 0 Å². The van der Waals surface area contributed by atoms with Crippen molar-refractivity contribution < 1.29 is 0 Å². The molecule has 0 saturated heterocycles. The van der Waals surface area contributed by atoms with Crippen molar-refractivity contribution in [3.8, 4) is 0 Å². The van der Waals surface area contributed by atoms with E-state index in [0.717, 1.165) is 6.54 Å². The second-order valence-electron chi connectivity index (χ2n) is 2.48. The number of hydrogen-bond acceptors (Lipinski definition) is 3. The number of thiocarbonyl (C=S) groups is 2. The molecule has 0 aromatic carbocycles. The van der Waals surface area contributed by atoms with Gasteiger partial charge in [-0.15, -0.1) is 0 Å². The SMILES string of the molecule is CC(C)CNC(=S)SC(N)=S. The van der Waals surface area contributed by atoms with E-state index in [0.29, 0.717) is 14.6 Å². The van der Waals surface area contributed by atoms with Crippen LogP contribution in [-0.2, 0) is 0 Å². The van der Waals surface area contributed by atoms with Crippen molar-refractivity contribution in [3.05, 3.63) is 0 Å². The maximum absolute atomic E-state index is 5.27. The van der Waals surface area contributed by atoms with Gasteiger partial charge in [0.05, 0.1) is 0 Å². The minimum atomic E-state index is 0.367. The van der Waals surface area contributed by atoms with Crippen LogP contribution in [0.25, 0.3) is 0 Å². The van der Waals surface area contributed by atoms with Crippen LogP contribution in [-0.4, -0.2) is 15.2 Å². The summed E-state index contributed by atoms with van der Waals surface area (Å²) in [5.74, 6) is 0.583. The lowest BCUT2D eigenvalue weighted by molar-refractivity contribution is 0.630. The quantitative estimate of drug-likeness (QED) is 0.673. The Bertz CT molecular complexity index is 156. The van der Waals surface area contributed by atoms with Crippen LogP contribution in [0.15, 0.2) is 0 Å². The Morgan fingerprint density at radius 1 is 1.55 bits per heavy atom. The third kappa shape index (κ3) is 8.03. The molecule has 2 nitrogen and oxygen atoms in total. The smallest absolute Gasteiger partial charge is 0.140 e. The lowest BCUT2D eigenvalue weighted by atomic mass is 10.2. The van der Waals surface area contributed by atoms with Crippen LogP contribution in [0.1, 0.15) is 13.8 Å². The molecule has 0 aliphatic heterocycles. The van der Waals surface area contributed by atoms with E-state index in [2.05, 4.69) is 31.4 Å². The lowest BCUT2D eigenvalue weighted by Gasteiger charge is -2.07. The molecule has 64 valence electrons. The van der Waals surface area contributed by atoms with Gasteiger partial charge in [-0.05, 0) is 17.7 Å². The zero-order valence-electron chi connectivity index (χ0n) is 6.59. The van der Waals surface area contributed by atoms with Gasteiger partial charge in [0.15, 0.2) is 0 Å². The Balaban J connectivity index is 3.46. The van der Waals surface area contributed by atoms with E-state index in [1.165, 1.54) is 11.8 Å². The van der Waals surface area contributed by atoms with Crippen molar-refractivity contribution >= 4 is 44.8 Å². The van der Waals surface area contributed by atoms with Crippen LogP contribution in [0.4, 0.5) is 0 Å². The molecule has 0 unspecified atom stereocenters. The van der Waals surface area contributed by atoms with Gasteiger partial charge in [0.25, 0.3) is 0 Å². The summed E-state index contributed by atoms with van der Waals surface area (Å²) >= 11 is 10.8. The monoisotopic (exact) mass is 208 g/mol. The van der Waals surface area contributed by atoms with Crippen LogP contribution in [0.3, 0.4) is 0 Å². The molecule has 0 aromatic heterocycles. The van der Waals surface area contributed by atoms with Crippen LogP contribution >= 0.6 is 36.2 Å². The molecule has 0 rings (SSSR count). The van der Waals surface area contributed by atoms with E-state index in [-0.39, 0.29) is 0 Å². The normalized spacial score (nSPS) is 9.73. The van der Waals surface area contributed by atoms with Gasteiger partial charge in [-0.1, -0.05) is 38.3 Å². The van der Waals surface area contributed by atoms with Gasteiger partial charge in [0.1, 0.15) is 8.64 Å². The molecule has 0 saturated carbocycles. The summed E-state index contributed by atoms with van der Waals surface area (Å²) in [6, 6.07) is 0. The molecule has 0 fully saturated rings. The third-order valence-corrected chi connectivity index (χ3v) is 2.02. The highest BCUT2D eigenvalue weighted by molar-refractivity contribution is 8.37. The van der Waals surface area contributed by atoms with Crippen molar-refractivity contribution in [2.75, 3.05) is 6.54 Å². The molecule has 0 aliphatic carbocycles. The highest BCUT2D eigenvalue weighted by Crippen LogP contribution is 2.01. The van der Waals surface area contributed by atoms with Crippen molar-refractivity contribution in [1.29, 1.82) is 0 Å². The Kier molecular flexibility index (Phi) is 5.81. The average Bonchev–Trinajstić information content (AvgIpc) is 1.82. The summed E-state index contributed by atoms with van der Waals surface area (Å²) in [6.07, 6.45) is 0. The average molecular weight is 208 g/mol. The molecule has 3 N–H and O–H groups in total. The minimum absolute atomic E-state index is 0.367. The Morgan fingerprint density at radius 3 is 2.45 bits per heavy atom. The van der Waals surface area contributed by atoms with Gasteiger partial charge < -0.3 is 11.1 Å². The number of thioether (sulfide) groups is 1. The number of nitrogens with one attached hydrogen (secondary N) is 1. The predicted molar refractivity (Wildman–Crippen MR) is 59.8 cm³/mol. The first-order chi connectivity index (χ1) is 5.02. The zero-order valence-corrected chi connectivity index (χ0v) is 9.04. The molecule has 0 amide bonds. The number of hydrogen-bond donors (Lipinski definition) is 2. The first-order valence-electron chi connectivity index (χ1n) is 3.27. The highest BCUT2D eigenvalue weighted by Gasteiger charge is 1.99. The van der Waals surface area contributed by atoms with Crippen molar-refractivity contribution in [2.24, 2.45) is 11.7 Å². The molecule has 0 bridgehead atoms. The zero-order chi connectivity index (χ0) is 8.85. The van der Waals surface area contributed by atoms with Gasteiger partial charge in [0.2, 0.25) is 0 Å². The molecule has 0 aromatic rings. The fourth-order valence-corrected chi connectivity index (χ4v) is 1.51. The summed E-state index contributed by atoms with van der Waals surface area (Å²) in [4.78, 5) is 0. The van der Waals surface area contributed by atoms with E-state index in [1.54, 1.807) is 0 Å². The second kappa shape index (κ2) is 5.74. The molecule has 5 heteroatoms. The van der Waals surface area contributed by atoms with Gasteiger partial charge in [0, 0.05) is 6.54 Å². The van der Waals surface area contributed by atoms with Crippen LogP contribution < -0.4 is 11.1 Å². The summed E-state index contributed by atoms with van der Waals surface area (Å²) < 4.78 is 1.03. The first kappa shape index (κ1) is 11.1. The summed E-state index contributed by atoms with van der Waals surface area (Å²) in [5, 5.41) is 3.04. The highest BCUT2D eigenvalue weighted by atomic mass is 32.2. The molecular weight excluding hydrogens is 196 g/mol. The topological polar surface area (TPSA) is 38.0 Å². The van der Waals surface area contributed by atoms with Crippen LogP contribution in [0, 0.1) is 5.92 Å². The maximum atomic E-state index is 5.27. The molecule has 0 spiro atoms. The largest absolute Gasteiger partial charge is 0.384 e. The fraction of sp³-hybridized carbons (Fsp3) is 0.667. The molecule has 0 radical (unpaired) electrons. The van der Waals surface area contributed by atoms with Crippen molar-refractivity contribution in [2.45, 2.75) is 13.8 Å². The van der Waals surface area contributed by atoms with Crippen molar-refractivity contribution in [3.63, 3.8) is 0 Å². The van der Waals surface area contributed by atoms with E-state index < -0.39 is 0 Å². The van der Waals surface area contributed by atoms with Crippen LogP contribution in [0.5, 0.6) is 0 Å². The van der Waals surface area contributed by atoms with E-state index in [4.69, 9.17) is 18.0 Å². The van der Waals surface area contributed by atoms with Crippen LogP contribution in [0.2, 0.25) is 0 Å². The Morgan fingerprint density at radius 2 is 2.09 bits per heavy atom. The Hall–Kier alpha value is 0.130. The van der Waals surface area contributed by atoms with E-state index >= 15 is 0 Å². The molecule has 11 heavy (non-hydrogen) atoms. The Labute approximate surface area is 82.3 Å². The fourth-order valence-electron chi connectivity index (χ4n) is 0.415. The van der Waals surface area contributed by atoms with Gasteiger partial charge in [-0.25, -0.2) is 0 Å². The summed E-state index contributed by atoms with van der Waals surface area (Å²) in [6.45, 7) is 5.09. The number of rotatable bonds is 2. The maximum Gasteiger partial charge on any atom is 0.140 e. The van der Waals surface area contributed by atoms with E-state index in [9.17, 15) is 0 Å². The van der Waals surface area contributed by atoms with E-state index in [1.807, 2.05) is 0 Å². The number of nitrogens with two attached hydrogens (primary N) is 1. The minimum Gasteiger partial charge on any atom is -0.384 e. The standard InChI is InChI=1S/C6H12N2S3/c1-4(2)3-8-6(10)11-5(7)9/h4H,3H2,1-2H3,(H2,7,9)(H,8,10). The summed E-state index contributed by atoms with van der Waals surface area (Å²) in [7, 11) is 0. The third-order valence-electron chi connectivity index (χ3n) is 0.848. The van der Waals surface area contributed by atoms with Gasteiger partial charge in [-0.3, -0.25) is 0 Å². The van der Waals surface area contributed by atoms with Gasteiger partial charge >= 0.3 is 0 Å². The second-order valence-corrected chi connectivity index (χ2v) is 4.90.